The second-order valence-electron chi connectivity index (χ2n) is 5.72. The van der Waals surface area contributed by atoms with Gasteiger partial charge in [0.2, 0.25) is 0 Å². The number of aromatic nitrogens is 4. The van der Waals surface area contributed by atoms with E-state index in [1.807, 2.05) is 31.2 Å². The van der Waals surface area contributed by atoms with Crippen molar-refractivity contribution in [2.24, 2.45) is 0 Å². The van der Waals surface area contributed by atoms with E-state index in [0.29, 0.717) is 16.9 Å². The molecule has 0 bridgehead atoms. The van der Waals surface area contributed by atoms with E-state index in [9.17, 15) is 9.90 Å². The maximum absolute atomic E-state index is 12.5. The topological polar surface area (TPSA) is 95.8 Å². The number of amides is 1. The Morgan fingerprint density at radius 3 is 2.92 bits per heavy atom. The van der Waals surface area contributed by atoms with Gasteiger partial charge < -0.3 is 10.4 Å². The quantitative estimate of drug-likeness (QED) is 0.537. The number of H-pyrrole nitrogens is 1. The van der Waals surface area contributed by atoms with Crippen LogP contribution in [-0.2, 0) is 0 Å². The van der Waals surface area contributed by atoms with Crippen LogP contribution < -0.4 is 5.32 Å². The maximum atomic E-state index is 12.5. The van der Waals surface area contributed by atoms with E-state index in [2.05, 4.69) is 20.6 Å². The Labute approximate surface area is 142 Å². The minimum absolute atomic E-state index is 0.133. The molecule has 25 heavy (non-hydrogen) atoms. The molecule has 0 saturated heterocycles. The van der Waals surface area contributed by atoms with Gasteiger partial charge in [-0.05, 0) is 30.7 Å². The summed E-state index contributed by atoms with van der Waals surface area (Å²) in [4.78, 5) is 12.5. The van der Waals surface area contributed by atoms with Crippen molar-refractivity contribution in [3.8, 4) is 11.4 Å². The molecule has 0 spiro atoms. The number of para-hydroxylation sites is 1. The van der Waals surface area contributed by atoms with Crippen molar-refractivity contribution in [3.63, 3.8) is 0 Å². The van der Waals surface area contributed by atoms with Crippen molar-refractivity contribution in [2.75, 3.05) is 5.32 Å². The minimum atomic E-state index is -0.304. The van der Waals surface area contributed by atoms with E-state index in [0.717, 1.165) is 16.6 Å². The standard InChI is InChI=1S/C18H15N5O2/c1-11-4-2-3-5-16(11)23-10-12(9-19-23)18(25)20-17-14-7-6-13(24)8-15(14)21-22-17/h2-10,24H,1H3,(H2,20,21,22,25). The third-order valence-corrected chi connectivity index (χ3v) is 3.99. The number of hydrogen-bond acceptors (Lipinski definition) is 4. The van der Waals surface area contributed by atoms with Gasteiger partial charge in [-0.1, -0.05) is 18.2 Å². The second-order valence-corrected chi connectivity index (χ2v) is 5.72. The van der Waals surface area contributed by atoms with Gasteiger partial charge in [-0.15, -0.1) is 0 Å². The average Bonchev–Trinajstić information content (AvgIpc) is 3.23. The summed E-state index contributed by atoms with van der Waals surface area (Å²) in [6, 6.07) is 12.6. The monoisotopic (exact) mass is 333 g/mol. The van der Waals surface area contributed by atoms with Crippen molar-refractivity contribution in [2.45, 2.75) is 6.92 Å². The Morgan fingerprint density at radius 2 is 2.08 bits per heavy atom. The number of nitrogens with one attached hydrogen (secondary N) is 2. The number of fused-ring (bicyclic) bond motifs is 1. The van der Waals surface area contributed by atoms with E-state index in [1.54, 1.807) is 29.1 Å². The molecular weight excluding hydrogens is 318 g/mol. The molecule has 7 nitrogen and oxygen atoms in total. The molecule has 2 aromatic heterocycles. The predicted octanol–water partition coefficient (Wildman–Crippen LogP) is 3.01. The van der Waals surface area contributed by atoms with Crippen LogP contribution in [0, 0.1) is 6.92 Å². The van der Waals surface area contributed by atoms with E-state index in [4.69, 9.17) is 0 Å². The van der Waals surface area contributed by atoms with Gasteiger partial charge in [0.25, 0.3) is 5.91 Å². The van der Waals surface area contributed by atoms with E-state index < -0.39 is 0 Å². The first kappa shape index (κ1) is 14.9. The van der Waals surface area contributed by atoms with Gasteiger partial charge in [-0.3, -0.25) is 9.89 Å². The Balaban J connectivity index is 1.60. The molecule has 0 saturated carbocycles. The summed E-state index contributed by atoms with van der Waals surface area (Å²) >= 11 is 0. The van der Waals surface area contributed by atoms with Crippen LogP contribution in [0.1, 0.15) is 15.9 Å². The number of carbonyl (C=O) groups excluding carboxylic acids is 1. The number of aromatic amines is 1. The lowest BCUT2D eigenvalue weighted by atomic mass is 10.2. The third-order valence-electron chi connectivity index (χ3n) is 3.99. The first-order chi connectivity index (χ1) is 12.1. The molecule has 0 fully saturated rings. The fraction of sp³-hybridized carbons (Fsp3) is 0.0556. The van der Waals surface area contributed by atoms with Crippen LogP contribution in [0.5, 0.6) is 5.75 Å². The summed E-state index contributed by atoms with van der Waals surface area (Å²) in [5.74, 6) is 0.235. The van der Waals surface area contributed by atoms with Crippen molar-refractivity contribution in [1.29, 1.82) is 0 Å². The van der Waals surface area contributed by atoms with Gasteiger partial charge in [-0.2, -0.15) is 10.2 Å². The molecule has 0 aliphatic rings. The highest BCUT2D eigenvalue weighted by Gasteiger charge is 2.14. The number of nitrogens with zero attached hydrogens (tertiary/aromatic N) is 3. The number of anilines is 1. The van der Waals surface area contributed by atoms with Crippen molar-refractivity contribution in [3.05, 3.63) is 66.0 Å². The molecule has 4 aromatic rings. The third kappa shape index (κ3) is 2.72. The number of aryl methyl sites for hydroxylation is 1. The van der Waals surface area contributed by atoms with Crippen LogP contribution in [0.3, 0.4) is 0 Å². The van der Waals surface area contributed by atoms with E-state index in [-0.39, 0.29) is 11.7 Å². The highest BCUT2D eigenvalue weighted by atomic mass is 16.3. The molecule has 1 amide bonds. The van der Waals surface area contributed by atoms with Gasteiger partial charge in [0.1, 0.15) is 5.75 Å². The van der Waals surface area contributed by atoms with Gasteiger partial charge in [0, 0.05) is 17.6 Å². The smallest absolute Gasteiger partial charge is 0.260 e. The molecular formula is C18H15N5O2. The van der Waals surface area contributed by atoms with Gasteiger partial charge in [0.15, 0.2) is 5.82 Å². The number of rotatable bonds is 3. The zero-order chi connectivity index (χ0) is 17.4. The summed E-state index contributed by atoms with van der Waals surface area (Å²) in [5, 5.41) is 24.1. The highest BCUT2D eigenvalue weighted by Crippen LogP contribution is 2.24. The van der Waals surface area contributed by atoms with Gasteiger partial charge >= 0.3 is 0 Å². The molecule has 124 valence electrons. The molecule has 0 unspecified atom stereocenters. The number of aromatic hydroxyl groups is 1. The highest BCUT2D eigenvalue weighted by molar-refractivity contribution is 6.07. The van der Waals surface area contributed by atoms with Gasteiger partial charge in [0.05, 0.1) is 23.0 Å². The Kier molecular flexibility index (Phi) is 3.46. The van der Waals surface area contributed by atoms with Crippen LogP contribution >= 0.6 is 0 Å². The Bertz CT molecular complexity index is 1080. The second kappa shape index (κ2) is 5.79. The van der Waals surface area contributed by atoms with Crippen molar-refractivity contribution < 1.29 is 9.90 Å². The molecule has 0 aliphatic carbocycles. The zero-order valence-corrected chi connectivity index (χ0v) is 13.4. The van der Waals surface area contributed by atoms with Crippen LogP contribution in [0.25, 0.3) is 16.6 Å². The summed E-state index contributed by atoms with van der Waals surface area (Å²) < 4.78 is 1.67. The summed E-state index contributed by atoms with van der Waals surface area (Å²) in [6.07, 6.45) is 3.20. The number of phenolic OH excluding ortho intramolecular Hbond substituents is 1. The average molecular weight is 333 g/mol. The van der Waals surface area contributed by atoms with Crippen molar-refractivity contribution >= 4 is 22.6 Å². The lowest BCUT2D eigenvalue weighted by Crippen LogP contribution is -2.11. The lowest BCUT2D eigenvalue weighted by Gasteiger charge is -2.04. The molecule has 4 rings (SSSR count). The number of hydrogen-bond donors (Lipinski definition) is 3. The SMILES string of the molecule is Cc1ccccc1-n1cc(C(=O)Nc2n[nH]c3cc(O)ccc23)cn1. The fourth-order valence-electron chi connectivity index (χ4n) is 2.67. The Morgan fingerprint density at radius 1 is 1.24 bits per heavy atom. The number of benzene rings is 2. The van der Waals surface area contributed by atoms with Gasteiger partial charge in [-0.25, -0.2) is 4.68 Å². The van der Waals surface area contributed by atoms with Crippen LogP contribution in [0.4, 0.5) is 5.82 Å². The molecule has 7 heteroatoms. The normalized spacial score (nSPS) is 10.9. The molecule has 0 atom stereocenters. The largest absolute Gasteiger partial charge is 0.508 e. The maximum Gasteiger partial charge on any atom is 0.260 e. The fourth-order valence-corrected chi connectivity index (χ4v) is 2.67. The summed E-state index contributed by atoms with van der Waals surface area (Å²) in [5.41, 5.74) is 3.06. The number of carbonyl (C=O) groups is 1. The van der Waals surface area contributed by atoms with E-state index in [1.165, 1.54) is 6.20 Å². The van der Waals surface area contributed by atoms with Crippen molar-refractivity contribution in [1.82, 2.24) is 20.0 Å². The summed E-state index contributed by atoms with van der Waals surface area (Å²) in [7, 11) is 0. The molecule has 3 N–H and O–H groups in total. The van der Waals surface area contributed by atoms with E-state index >= 15 is 0 Å². The summed E-state index contributed by atoms with van der Waals surface area (Å²) in [6.45, 7) is 1.99. The van der Waals surface area contributed by atoms with Crippen LogP contribution in [0.2, 0.25) is 0 Å². The number of phenols is 1. The first-order valence-electron chi connectivity index (χ1n) is 7.71. The lowest BCUT2D eigenvalue weighted by molar-refractivity contribution is 0.102. The first-order valence-corrected chi connectivity index (χ1v) is 7.71. The zero-order valence-electron chi connectivity index (χ0n) is 13.4. The Hall–Kier alpha value is -3.61. The minimum Gasteiger partial charge on any atom is -0.508 e. The predicted molar refractivity (Wildman–Crippen MR) is 94.0 cm³/mol. The molecule has 2 heterocycles. The molecule has 0 aliphatic heterocycles. The molecule has 0 radical (unpaired) electrons. The van der Waals surface area contributed by atoms with Crippen LogP contribution in [-0.4, -0.2) is 31.0 Å². The van der Waals surface area contributed by atoms with Crippen LogP contribution in [0.15, 0.2) is 54.9 Å². The molecule has 2 aromatic carbocycles.